The maximum atomic E-state index is 11.9. The number of carbonyl (C=O) groups excluding carboxylic acids is 1. The van der Waals surface area contributed by atoms with Crippen LogP contribution in [0.1, 0.15) is 46.1 Å². The summed E-state index contributed by atoms with van der Waals surface area (Å²) >= 11 is 0. The van der Waals surface area contributed by atoms with Crippen LogP contribution in [0.4, 0.5) is 0 Å². The van der Waals surface area contributed by atoms with Gasteiger partial charge in [-0.15, -0.1) is 0 Å². The van der Waals surface area contributed by atoms with Gasteiger partial charge < -0.3 is 14.8 Å². The molecule has 0 saturated heterocycles. The molecule has 0 aliphatic carbocycles. The van der Waals surface area contributed by atoms with Crippen LogP contribution >= 0.6 is 0 Å². The quantitative estimate of drug-likeness (QED) is 0.743. The molecule has 0 saturated carbocycles. The molecule has 0 aliphatic heterocycles. The molecule has 0 aliphatic rings. The second kappa shape index (κ2) is 9.13. The number of methoxy groups -OCH3 is 1. The highest BCUT2D eigenvalue weighted by Crippen LogP contribution is 2.29. The number of ether oxygens (including phenoxy) is 2. The zero-order valence-electron chi connectivity index (χ0n) is 14.2. The van der Waals surface area contributed by atoms with Crippen LogP contribution in [0.5, 0.6) is 11.5 Å². The van der Waals surface area contributed by atoms with Crippen LogP contribution in [0.3, 0.4) is 0 Å². The van der Waals surface area contributed by atoms with Crippen molar-refractivity contribution >= 4 is 12.0 Å². The molecule has 0 fully saturated rings. The van der Waals surface area contributed by atoms with Crippen molar-refractivity contribution in [2.45, 2.75) is 52.7 Å². The van der Waals surface area contributed by atoms with Gasteiger partial charge in [0.1, 0.15) is 0 Å². The molecule has 0 heterocycles. The predicted molar refractivity (Wildman–Crippen MR) is 90.3 cm³/mol. The van der Waals surface area contributed by atoms with Crippen LogP contribution in [0, 0.1) is 0 Å². The summed E-state index contributed by atoms with van der Waals surface area (Å²) in [5.74, 6) is 1.29. The lowest BCUT2D eigenvalue weighted by atomic mass is 10.1. The zero-order valence-corrected chi connectivity index (χ0v) is 14.2. The summed E-state index contributed by atoms with van der Waals surface area (Å²) in [6, 6.07) is 5.85. The van der Waals surface area contributed by atoms with Gasteiger partial charge in [0.25, 0.3) is 0 Å². The highest BCUT2D eigenvalue weighted by molar-refractivity contribution is 5.92. The molecular formula is C18H27NO3. The fourth-order valence-electron chi connectivity index (χ4n) is 2.05. The Morgan fingerprint density at radius 1 is 1.23 bits per heavy atom. The summed E-state index contributed by atoms with van der Waals surface area (Å²) < 4.78 is 11.0. The van der Waals surface area contributed by atoms with Crippen LogP contribution in [0.15, 0.2) is 24.3 Å². The Morgan fingerprint density at radius 2 is 1.91 bits per heavy atom. The van der Waals surface area contributed by atoms with Crippen molar-refractivity contribution in [3.8, 4) is 11.5 Å². The van der Waals surface area contributed by atoms with Gasteiger partial charge in [-0.3, -0.25) is 4.79 Å². The number of carbonyl (C=O) groups is 1. The van der Waals surface area contributed by atoms with Gasteiger partial charge in [0.2, 0.25) is 5.91 Å². The molecule has 0 spiro atoms. The van der Waals surface area contributed by atoms with Crippen molar-refractivity contribution in [1.82, 2.24) is 5.32 Å². The molecule has 22 heavy (non-hydrogen) atoms. The van der Waals surface area contributed by atoms with E-state index in [9.17, 15) is 4.79 Å². The Hall–Kier alpha value is -1.97. The molecule has 1 rings (SSSR count). The first kappa shape index (κ1) is 18.1. The average Bonchev–Trinajstić information content (AvgIpc) is 2.51. The minimum atomic E-state index is -0.0739. The first-order chi connectivity index (χ1) is 10.5. The monoisotopic (exact) mass is 305 g/mol. The maximum Gasteiger partial charge on any atom is 0.244 e. The number of hydrogen-bond acceptors (Lipinski definition) is 3. The van der Waals surface area contributed by atoms with Crippen molar-refractivity contribution in [3.05, 3.63) is 29.8 Å². The summed E-state index contributed by atoms with van der Waals surface area (Å²) in [6.07, 6.45) is 5.28. The fraction of sp³-hybridized carbons (Fsp3) is 0.500. The molecule has 0 atom stereocenters. The van der Waals surface area contributed by atoms with Gasteiger partial charge >= 0.3 is 0 Å². The second-order valence-electron chi connectivity index (χ2n) is 5.43. The molecule has 4 heteroatoms. The lowest BCUT2D eigenvalue weighted by Gasteiger charge is -2.14. The van der Waals surface area contributed by atoms with E-state index in [0.29, 0.717) is 11.5 Å². The third-order valence-corrected chi connectivity index (χ3v) is 3.31. The van der Waals surface area contributed by atoms with E-state index in [4.69, 9.17) is 9.47 Å². The van der Waals surface area contributed by atoms with Gasteiger partial charge in [-0.2, -0.15) is 0 Å². The average molecular weight is 305 g/mol. The van der Waals surface area contributed by atoms with Gasteiger partial charge in [-0.05, 0) is 50.5 Å². The maximum absolute atomic E-state index is 11.9. The molecule has 1 aromatic carbocycles. The van der Waals surface area contributed by atoms with Crippen molar-refractivity contribution in [1.29, 1.82) is 0 Å². The minimum Gasteiger partial charge on any atom is -0.493 e. The standard InChI is InChI=1S/C18H27NO3/c1-6-15(7-2)19-18(20)11-9-14-8-10-16(22-13(3)4)17(12-14)21-5/h8-13,15H,6-7H2,1-5H3,(H,19,20)/b11-9+. The van der Waals surface area contributed by atoms with Gasteiger partial charge in [-0.1, -0.05) is 19.9 Å². The molecule has 0 bridgehead atoms. The van der Waals surface area contributed by atoms with E-state index in [-0.39, 0.29) is 18.1 Å². The summed E-state index contributed by atoms with van der Waals surface area (Å²) in [5, 5.41) is 2.97. The Balaban J connectivity index is 2.77. The van der Waals surface area contributed by atoms with Crippen LogP contribution < -0.4 is 14.8 Å². The number of amides is 1. The first-order valence-electron chi connectivity index (χ1n) is 7.83. The summed E-state index contributed by atoms with van der Waals surface area (Å²) in [5.41, 5.74) is 0.896. The minimum absolute atomic E-state index is 0.0739. The largest absolute Gasteiger partial charge is 0.493 e. The molecule has 0 unspecified atom stereocenters. The normalized spacial score (nSPS) is 11.2. The highest BCUT2D eigenvalue weighted by Gasteiger charge is 2.07. The number of hydrogen-bond donors (Lipinski definition) is 1. The van der Waals surface area contributed by atoms with E-state index in [2.05, 4.69) is 19.2 Å². The van der Waals surface area contributed by atoms with Crippen molar-refractivity contribution in [2.24, 2.45) is 0 Å². The van der Waals surface area contributed by atoms with Crippen molar-refractivity contribution < 1.29 is 14.3 Å². The summed E-state index contributed by atoms with van der Waals surface area (Å²) in [4.78, 5) is 11.9. The van der Waals surface area contributed by atoms with Gasteiger partial charge in [0.05, 0.1) is 13.2 Å². The lowest BCUT2D eigenvalue weighted by Crippen LogP contribution is -2.32. The lowest BCUT2D eigenvalue weighted by molar-refractivity contribution is -0.117. The Kier molecular flexibility index (Phi) is 7.50. The van der Waals surface area contributed by atoms with Crippen molar-refractivity contribution in [3.63, 3.8) is 0 Å². The molecule has 4 nitrogen and oxygen atoms in total. The van der Waals surface area contributed by atoms with Crippen LogP contribution in [0.2, 0.25) is 0 Å². The number of rotatable bonds is 8. The van der Waals surface area contributed by atoms with E-state index in [1.807, 2.05) is 32.0 Å². The third-order valence-electron chi connectivity index (χ3n) is 3.31. The smallest absolute Gasteiger partial charge is 0.244 e. The van der Waals surface area contributed by atoms with Crippen LogP contribution in [-0.2, 0) is 4.79 Å². The Morgan fingerprint density at radius 3 is 2.45 bits per heavy atom. The molecular weight excluding hydrogens is 278 g/mol. The SMILES string of the molecule is CCC(CC)NC(=O)/C=C/c1ccc(OC(C)C)c(OC)c1. The highest BCUT2D eigenvalue weighted by atomic mass is 16.5. The predicted octanol–water partition coefficient (Wildman–Crippen LogP) is 3.80. The Bertz CT molecular complexity index is 505. The topological polar surface area (TPSA) is 47.6 Å². The number of nitrogens with one attached hydrogen (secondary N) is 1. The zero-order chi connectivity index (χ0) is 16.5. The Labute approximate surface area is 133 Å². The van der Waals surface area contributed by atoms with E-state index in [1.54, 1.807) is 19.3 Å². The fourth-order valence-corrected chi connectivity index (χ4v) is 2.05. The molecule has 122 valence electrons. The van der Waals surface area contributed by atoms with Gasteiger partial charge in [0, 0.05) is 12.1 Å². The van der Waals surface area contributed by atoms with Crippen LogP contribution in [-0.4, -0.2) is 25.2 Å². The van der Waals surface area contributed by atoms with Crippen molar-refractivity contribution in [2.75, 3.05) is 7.11 Å². The number of benzene rings is 1. The summed E-state index contributed by atoms with van der Waals surface area (Å²) in [7, 11) is 1.61. The third kappa shape index (κ3) is 5.80. The van der Waals surface area contributed by atoms with E-state index >= 15 is 0 Å². The molecule has 1 aromatic rings. The van der Waals surface area contributed by atoms with Crippen LogP contribution in [0.25, 0.3) is 6.08 Å². The molecule has 0 radical (unpaired) electrons. The second-order valence-corrected chi connectivity index (χ2v) is 5.43. The molecule has 1 N–H and O–H groups in total. The molecule has 0 aromatic heterocycles. The van der Waals surface area contributed by atoms with E-state index < -0.39 is 0 Å². The van der Waals surface area contributed by atoms with E-state index in [1.165, 1.54) is 0 Å². The van der Waals surface area contributed by atoms with Gasteiger partial charge in [-0.25, -0.2) is 0 Å². The van der Waals surface area contributed by atoms with Gasteiger partial charge in [0.15, 0.2) is 11.5 Å². The summed E-state index contributed by atoms with van der Waals surface area (Å²) in [6.45, 7) is 8.07. The molecule has 1 amide bonds. The van der Waals surface area contributed by atoms with E-state index in [0.717, 1.165) is 18.4 Å². The first-order valence-corrected chi connectivity index (χ1v) is 7.83.